The highest BCUT2D eigenvalue weighted by Gasteiger charge is 2.53. The van der Waals surface area contributed by atoms with Crippen molar-refractivity contribution < 1.29 is 33.7 Å². The van der Waals surface area contributed by atoms with Crippen molar-refractivity contribution in [2.75, 3.05) is 36.0 Å². The molecule has 0 saturated heterocycles. The largest absolute Gasteiger partial charge is 0.465 e. The fraction of sp³-hybridized carbons (Fsp3) is 0.539. The molecule has 0 saturated carbocycles. The number of amides is 2. The summed E-state index contributed by atoms with van der Waals surface area (Å²) in [7, 11) is 0. The zero-order chi connectivity index (χ0) is 61.4. The molecule has 0 radical (unpaired) electrons. The summed E-state index contributed by atoms with van der Waals surface area (Å²) in [4.78, 5) is 41.0. The van der Waals surface area contributed by atoms with Crippen LogP contribution in [0, 0.1) is 0 Å². The molecule has 5 aromatic rings. The second kappa shape index (κ2) is 41.4. The van der Waals surface area contributed by atoms with Gasteiger partial charge in [-0.1, -0.05) is 292 Å². The Morgan fingerprint density at radius 2 is 0.920 bits per heavy atom. The first-order valence-corrected chi connectivity index (χ1v) is 34.2. The van der Waals surface area contributed by atoms with E-state index in [9.17, 15) is 14.4 Å². The van der Waals surface area contributed by atoms with Gasteiger partial charge in [0.25, 0.3) is 0 Å². The first kappa shape index (κ1) is 69.4. The van der Waals surface area contributed by atoms with Crippen molar-refractivity contribution in [3.8, 4) is 11.5 Å². The van der Waals surface area contributed by atoms with Crippen LogP contribution < -0.4 is 25.2 Å². The number of carboxylic acid groups (broad SMARTS) is 1. The number of nitrogens with zero attached hydrogens (tertiary/aromatic N) is 2. The van der Waals surface area contributed by atoms with Crippen molar-refractivity contribution in [2.24, 2.45) is 0 Å². The third kappa shape index (κ3) is 24.4. The Balaban J connectivity index is 0.000000467. The van der Waals surface area contributed by atoms with Gasteiger partial charge in [0.1, 0.15) is 18.1 Å². The van der Waals surface area contributed by atoms with Crippen molar-refractivity contribution in [3.05, 3.63) is 167 Å². The number of fused-ring (bicyclic) bond motifs is 6. The van der Waals surface area contributed by atoms with Gasteiger partial charge in [0.15, 0.2) is 5.60 Å². The number of anilines is 2. The molecule has 0 aliphatic carbocycles. The average molecular weight is 1190 g/mol. The molecule has 3 N–H and O–H groups in total. The van der Waals surface area contributed by atoms with E-state index >= 15 is 0 Å². The number of ether oxygens (including phenoxy) is 3. The number of nitrogens with one attached hydrogen (secondary N) is 2. The predicted molar refractivity (Wildman–Crippen MR) is 359 cm³/mol. The van der Waals surface area contributed by atoms with Gasteiger partial charge < -0.3 is 39.8 Å². The lowest BCUT2D eigenvalue weighted by Crippen LogP contribution is -2.34. The van der Waals surface area contributed by atoms with Crippen molar-refractivity contribution in [2.45, 2.75) is 238 Å². The van der Waals surface area contributed by atoms with Crippen molar-refractivity contribution in [1.29, 1.82) is 0 Å². The van der Waals surface area contributed by atoms with Crippen LogP contribution in [-0.4, -0.2) is 49.5 Å². The average Bonchev–Trinajstić information content (AvgIpc) is 1.66. The number of hydrogen-bond donors (Lipinski definition) is 3. The minimum absolute atomic E-state index is 0.204. The Kier molecular flexibility index (Phi) is 33.0. The van der Waals surface area contributed by atoms with E-state index in [1.165, 1.54) is 180 Å². The van der Waals surface area contributed by atoms with Crippen molar-refractivity contribution in [3.63, 3.8) is 0 Å². The molecule has 1 unspecified atom stereocenters. The maximum absolute atomic E-state index is 13.6. The minimum Gasteiger partial charge on any atom is -0.465 e. The molecule has 7 rings (SSSR count). The number of rotatable bonds is 44. The molecule has 474 valence electrons. The molecule has 2 heterocycles. The number of carbonyl (C=O) groups excluding carboxylic acids is 2. The van der Waals surface area contributed by atoms with Crippen LogP contribution in [0.1, 0.15) is 257 Å². The molecule has 0 bridgehead atoms. The molecule has 2 aliphatic heterocycles. The highest BCUT2D eigenvalue weighted by Crippen LogP contribution is 2.57. The Labute approximate surface area is 524 Å². The summed E-state index contributed by atoms with van der Waals surface area (Å²) in [6, 6.07) is 40.2. The number of carbonyl (C=O) groups is 3. The maximum Gasteiger partial charge on any atom is 0.407 e. The zero-order valence-electron chi connectivity index (χ0n) is 53.5. The number of hydrogen-bond acceptors (Lipinski definition) is 8. The third-order valence-electron chi connectivity index (χ3n) is 17.2. The van der Waals surface area contributed by atoms with Crippen LogP contribution in [0.25, 0.3) is 0 Å². The summed E-state index contributed by atoms with van der Waals surface area (Å²) >= 11 is 0. The zero-order valence-corrected chi connectivity index (χ0v) is 53.5. The van der Waals surface area contributed by atoms with E-state index in [1.807, 2.05) is 103 Å². The second-order valence-corrected chi connectivity index (χ2v) is 24.2. The lowest BCUT2D eigenvalue weighted by atomic mass is 9.77. The normalized spacial score (nSPS) is 13.5. The quantitative estimate of drug-likeness (QED) is 0.0258. The summed E-state index contributed by atoms with van der Waals surface area (Å²) in [5, 5.41) is 13.8. The Hall–Kier alpha value is -6.75. The molecular weight excluding hydrogens is 1080 g/mol. The number of alkyl carbamates (subject to hydrolysis) is 1. The molecule has 11 heteroatoms. The van der Waals surface area contributed by atoms with E-state index in [-0.39, 0.29) is 12.6 Å². The first-order chi connectivity index (χ1) is 42.8. The lowest BCUT2D eigenvalue weighted by molar-refractivity contribution is 0.0224. The van der Waals surface area contributed by atoms with Gasteiger partial charge in [-0.15, -0.1) is 0 Å². The van der Waals surface area contributed by atoms with Crippen LogP contribution in [0.5, 0.6) is 11.5 Å². The summed E-state index contributed by atoms with van der Waals surface area (Å²) < 4.78 is 19.1. The van der Waals surface area contributed by atoms with Gasteiger partial charge in [-0.3, -0.25) is 0 Å². The first-order valence-electron chi connectivity index (χ1n) is 34.2. The molecule has 2 aliphatic rings. The fourth-order valence-corrected chi connectivity index (χ4v) is 12.2. The van der Waals surface area contributed by atoms with E-state index < -0.39 is 17.8 Å². The van der Waals surface area contributed by atoms with Gasteiger partial charge in [-0.05, 0) is 60.5 Å². The van der Waals surface area contributed by atoms with Crippen molar-refractivity contribution >= 4 is 29.5 Å². The summed E-state index contributed by atoms with van der Waals surface area (Å²) in [6.07, 6.45) is 43.2. The molecule has 1 atom stereocenters. The van der Waals surface area contributed by atoms with E-state index in [0.717, 1.165) is 64.9 Å². The van der Waals surface area contributed by atoms with E-state index in [4.69, 9.17) is 19.3 Å². The van der Waals surface area contributed by atoms with Gasteiger partial charge >= 0.3 is 18.2 Å². The van der Waals surface area contributed by atoms with Gasteiger partial charge in [0, 0.05) is 66.4 Å². The van der Waals surface area contributed by atoms with E-state index in [2.05, 4.69) is 65.1 Å². The Morgan fingerprint density at radius 1 is 0.506 bits per heavy atom. The maximum atomic E-state index is 13.6. The smallest absolute Gasteiger partial charge is 0.407 e. The third-order valence-corrected chi connectivity index (χ3v) is 17.2. The van der Waals surface area contributed by atoms with Crippen molar-refractivity contribution in [1.82, 2.24) is 10.6 Å². The molecule has 5 aromatic carbocycles. The van der Waals surface area contributed by atoms with Crippen LogP contribution >= 0.6 is 0 Å². The molecule has 0 aromatic heterocycles. The molecule has 87 heavy (non-hydrogen) atoms. The molecular formula is C76H108N4O7. The van der Waals surface area contributed by atoms with Gasteiger partial charge in [-0.2, -0.15) is 0 Å². The fourth-order valence-electron chi connectivity index (χ4n) is 12.2. The summed E-state index contributed by atoms with van der Waals surface area (Å²) in [5.74, 6) is 0.802. The summed E-state index contributed by atoms with van der Waals surface area (Å²) in [5.41, 5.74) is 5.65. The van der Waals surface area contributed by atoms with Crippen LogP contribution in [-0.2, 0) is 28.2 Å². The van der Waals surface area contributed by atoms with Gasteiger partial charge in [-0.25, -0.2) is 14.4 Å². The number of benzene rings is 5. The number of esters is 1. The van der Waals surface area contributed by atoms with E-state index in [0.29, 0.717) is 49.8 Å². The lowest BCUT2D eigenvalue weighted by Gasteiger charge is -2.38. The topological polar surface area (TPSA) is 130 Å². The Bertz CT molecular complexity index is 2720. The number of unbranched alkanes of at least 4 members (excludes halogenated alkanes) is 30. The second-order valence-electron chi connectivity index (χ2n) is 24.2. The SMILES string of the molecule is C=CN(Cc1ccccc1)c1ccc2c(c1)Oc1cc(N(CCOC(=O)NCCCCCCCCCCCCCCCCCC)Cc3ccccc3)ccc1C21OC(=O)c2ccccc21.CCCCCCCCCCCCCCCCCCNC(=O)O. The van der Waals surface area contributed by atoms with Crippen LogP contribution in [0.4, 0.5) is 21.0 Å². The highest BCUT2D eigenvalue weighted by molar-refractivity contribution is 5.97. The molecule has 1 spiro atoms. The Morgan fingerprint density at radius 3 is 1.39 bits per heavy atom. The highest BCUT2D eigenvalue weighted by atomic mass is 16.6. The van der Waals surface area contributed by atoms with Crippen LogP contribution in [0.15, 0.2) is 134 Å². The van der Waals surface area contributed by atoms with Gasteiger partial charge in [0.05, 0.1) is 12.1 Å². The molecule has 2 amide bonds. The van der Waals surface area contributed by atoms with Gasteiger partial charge in [0.2, 0.25) is 0 Å². The van der Waals surface area contributed by atoms with Crippen LogP contribution in [0.3, 0.4) is 0 Å². The molecule has 11 nitrogen and oxygen atoms in total. The van der Waals surface area contributed by atoms with Crippen LogP contribution in [0.2, 0.25) is 0 Å². The molecule has 0 fully saturated rings. The standard InChI is InChI=1S/C57H69N3O5.C19H39NO2/c1-3-5-6-7-8-9-10-11-12-13-14-15-16-17-18-27-38-58-56(62)63-40-39-60(44-46-30-23-20-24-31-46)48-35-37-52-54(42-48)64-53-41-47(59(4-2)43-45-28-21-19-22-29-45)34-36-51(53)57(52)50-33-26-25-32-49(50)55(61)65-57;1-2-3-4-5-6-7-8-9-10-11-12-13-14-15-16-17-18-20-19(21)22/h4,19-26,28-37,41-42H,2-3,5-18,27,38-40,43-44H2,1H3,(H,58,62);20H,2-18H2,1H3,(H,21,22). The monoisotopic (exact) mass is 1190 g/mol. The predicted octanol–water partition coefficient (Wildman–Crippen LogP) is 20.9. The summed E-state index contributed by atoms with van der Waals surface area (Å²) in [6.45, 7) is 11.8. The minimum atomic E-state index is -1.20. The van der Waals surface area contributed by atoms with E-state index in [1.54, 1.807) is 0 Å².